The standard InChI is InChI=1S/C12H19N3O4/c1-12(2,11(16)19-5)15-6-8-9(17-3)13-7-14-10(8)18-4/h7,15H,6H2,1-5H3. The molecule has 0 aromatic carbocycles. The molecule has 0 amide bonds. The first kappa shape index (κ1) is 15.2. The molecule has 0 bridgehead atoms. The van der Waals surface area contributed by atoms with Crippen molar-refractivity contribution >= 4 is 5.97 Å². The van der Waals surface area contributed by atoms with Gasteiger partial charge < -0.3 is 14.2 Å². The molecule has 1 aromatic rings. The molecule has 0 aliphatic carbocycles. The Balaban J connectivity index is 2.91. The van der Waals surface area contributed by atoms with Crippen molar-refractivity contribution in [1.29, 1.82) is 0 Å². The summed E-state index contributed by atoms with van der Waals surface area (Å²) < 4.78 is 15.0. The first-order chi connectivity index (χ1) is 8.96. The maximum absolute atomic E-state index is 11.6. The van der Waals surface area contributed by atoms with Crippen LogP contribution in [0, 0.1) is 0 Å². The van der Waals surface area contributed by atoms with Gasteiger partial charge in [-0.25, -0.2) is 9.97 Å². The van der Waals surface area contributed by atoms with E-state index in [9.17, 15) is 4.79 Å². The molecule has 0 radical (unpaired) electrons. The molecule has 7 heteroatoms. The lowest BCUT2D eigenvalue weighted by Crippen LogP contribution is -2.47. The van der Waals surface area contributed by atoms with E-state index in [2.05, 4.69) is 15.3 Å². The molecule has 7 nitrogen and oxygen atoms in total. The van der Waals surface area contributed by atoms with Gasteiger partial charge in [-0.1, -0.05) is 0 Å². The lowest BCUT2D eigenvalue weighted by molar-refractivity contribution is -0.147. The Morgan fingerprint density at radius 1 is 1.21 bits per heavy atom. The van der Waals surface area contributed by atoms with E-state index >= 15 is 0 Å². The van der Waals surface area contributed by atoms with E-state index in [1.54, 1.807) is 13.8 Å². The first-order valence-electron chi connectivity index (χ1n) is 5.71. The summed E-state index contributed by atoms with van der Waals surface area (Å²) in [6, 6.07) is 0. The van der Waals surface area contributed by atoms with E-state index in [-0.39, 0.29) is 5.97 Å². The van der Waals surface area contributed by atoms with Crippen LogP contribution in [-0.2, 0) is 16.1 Å². The van der Waals surface area contributed by atoms with Crippen molar-refractivity contribution < 1.29 is 19.0 Å². The maximum atomic E-state index is 11.6. The van der Waals surface area contributed by atoms with E-state index in [0.717, 1.165) is 0 Å². The average molecular weight is 269 g/mol. The molecule has 1 N–H and O–H groups in total. The van der Waals surface area contributed by atoms with Crippen LogP contribution in [0.2, 0.25) is 0 Å². The Kier molecular flexibility index (Phi) is 5.05. The van der Waals surface area contributed by atoms with Crippen LogP contribution in [0.3, 0.4) is 0 Å². The van der Waals surface area contributed by atoms with E-state index in [1.807, 2.05) is 0 Å². The highest BCUT2D eigenvalue weighted by Gasteiger charge is 2.29. The van der Waals surface area contributed by atoms with E-state index in [1.165, 1.54) is 27.7 Å². The summed E-state index contributed by atoms with van der Waals surface area (Å²) in [4.78, 5) is 19.6. The van der Waals surface area contributed by atoms with Gasteiger partial charge in [0, 0.05) is 6.54 Å². The van der Waals surface area contributed by atoms with Crippen molar-refractivity contribution in [3.05, 3.63) is 11.9 Å². The van der Waals surface area contributed by atoms with Crippen molar-refractivity contribution in [2.24, 2.45) is 0 Å². The van der Waals surface area contributed by atoms with Gasteiger partial charge in [0.15, 0.2) is 0 Å². The molecule has 106 valence electrons. The largest absolute Gasteiger partial charge is 0.481 e. The Hall–Kier alpha value is -1.89. The Morgan fingerprint density at radius 3 is 2.16 bits per heavy atom. The monoisotopic (exact) mass is 269 g/mol. The quantitative estimate of drug-likeness (QED) is 0.754. The Bertz CT molecular complexity index is 426. The normalized spacial score (nSPS) is 11.0. The molecule has 1 rings (SSSR count). The Morgan fingerprint density at radius 2 is 1.74 bits per heavy atom. The number of rotatable bonds is 6. The van der Waals surface area contributed by atoms with Crippen molar-refractivity contribution in [2.75, 3.05) is 21.3 Å². The third-order valence-corrected chi connectivity index (χ3v) is 2.66. The van der Waals surface area contributed by atoms with Crippen LogP contribution in [0.5, 0.6) is 11.8 Å². The number of esters is 1. The average Bonchev–Trinajstić information content (AvgIpc) is 2.43. The minimum atomic E-state index is -0.833. The summed E-state index contributed by atoms with van der Waals surface area (Å²) in [5.74, 6) is 0.447. The van der Waals surface area contributed by atoms with Gasteiger partial charge in [0.2, 0.25) is 11.8 Å². The number of ether oxygens (including phenoxy) is 3. The van der Waals surface area contributed by atoms with Crippen LogP contribution in [-0.4, -0.2) is 42.8 Å². The van der Waals surface area contributed by atoms with Crippen LogP contribution >= 0.6 is 0 Å². The summed E-state index contributed by atoms with van der Waals surface area (Å²) >= 11 is 0. The second-order valence-electron chi connectivity index (χ2n) is 4.34. The van der Waals surface area contributed by atoms with E-state index in [4.69, 9.17) is 14.2 Å². The second kappa shape index (κ2) is 6.33. The zero-order chi connectivity index (χ0) is 14.5. The molecule has 0 aliphatic heterocycles. The Labute approximate surface area is 112 Å². The minimum absolute atomic E-state index is 0.315. The van der Waals surface area contributed by atoms with Crippen LogP contribution in [0.15, 0.2) is 6.33 Å². The molecule has 0 atom stereocenters. The van der Waals surface area contributed by atoms with Crippen molar-refractivity contribution in [3.8, 4) is 11.8 Å². The highest BCUT2D eigenvalue weighted by atomic mass is 16.5. The minimum Gasteiger partial charge on any atom is -0.481 e. The van der Waals surface area contributed by atoms with Gasteiger partial charge in [0.1, 0.15) is 11.9 Å². The SMILES string of the molecule is COC(=O)C(C)(C)NCc1c(OC)ncnc1OC. The summed E-state index contributed by atoms with van der Waals surface area (Å²) in [5.41, 5.74) is -0.190. The number of aromatic nitrogens is 2. The zero-order valence-electron chi connectivity index (χ0n) is 11.8. The number of carbonyl (C=O) groups excluding carboxylic acids is 1. The lowest BCUT2D eigenvalue weighted by Gasteiger charge is -2.23. The zero-order valence-corrected chi connectivity index (χ0v) is 11.8. The highest BCUT2D eigenvalue weighted by Crippen LogP contribution is 2.23. The van der Waals surface area contributed by atoms with Crippen LogP contribution in [0.1, 0.15) is 19.4 Å². The van der Waals surface area contributed by atoms with Gasteiger partial charge in [-0.05, 0) is 13.8 Å². The first-order valence-corrected chi connectivity index (χ1v) is 5.71. The molecule has 1 aromatic heterocycles. The molecule has 0 saturated carbocycles. The summed E-state index contributed by atoms with van der Waals surface area (Å²) in [6.45, 7) is 3.76. The third-order valence-electron chi connectivity index (χ3n) is 2.66. The third kappa shape index (κ3) is 3.54. The molecule has 1 heterocycles. The van der Waals surface area contributed by atoms with Crippen LogP contribution in [0.4, 0.5) is 0 Å². The second-order valence-corrected chi connectivity index (χ2v) is 4.34. The number of nitrogens with one attached hydrogen (secondary N) is 1. The molecular weight excluding hydrogens is 250 g/mol. The van der Waals surface area contributed by atoms with E-state index < -0.39 is 5.54 Å². The van der Waals surface area contributed by atoms with Crippen molar-refractivity contribution in [2.45, 2.75) is 25.9 Å². The molecule has 0 saturated heterocycles. The maximum Gasteiger partial charge on any atom is 0.325 e. The van der Waals surface area contributed by atoms with Crippen molar-refractivity contribution in [3.63, 3.8) is 0 Å². The van der Waals surface area contributed by atoms with E-state index in [0.29, 0.717) is 23.9 Å². The summed E-state index contributed by atoms with van der Waals surface area (Å²) in [5, 5.41) is 3.06. The fraction of sp³-hybridized carbons (Fsp3) is 0.583. The summed E-state index contributed by atoms with van der Waals surface area (Å²) in [6.07, 6.45) is 1.35. The number of carbonyl (C=O) groups is 1. The molecular formula is C12H19N3O4. The molecule has 0 unspecified atom stereocenters. The van der Waals surface area contributed by atoms with Gasteiger partial charge in [-0.2, -0.15) is 0 Å². The molecule has 0 fully saturated rings. The fourth-order valence-corrected chi connectivity index (χ4v) is 1.52. The predicted octanol–water partition coefficient (Wildman–Crippen LogP) is 0.535. The van der Waals surface area contributed by atoms with Gasteiger partial charge >= 0.3 is 5.97 Å². The van der Waals surface area contributed by atoms with Crippen LogP contribution in [0.25, 0.3) is 0 Å². The topological polar surface area (TPSA) is 82.6 Å². The van der Waals surface area contributed by atoms with Crippen LogP contribution < -0.4 is 14.8 Å². The highest BCUT2D eigenvalue weighted by molar-refractivity contribution is 5.79. The smallest absolute Gasteiger partial charge is 0.325 e. The van der Waals surface area contributed by atoms with Gasteiger partial charge in [0.05, 0.1) is 26.9 Å². The number of nitrogens with zero attached hydrogens (tertiary/aromatic N) is 2. The van der Waals surface area contributed by atoms with Gasteiger partial charge in [-0.15, -0.1) is 0 Å². The van der Waals surface area contributed by atoms with Gasteiger partial charge in [0.25, 0.3) is 0 Å². The van der Waals surface area contributed by atoms with Gasteiger partial charge in [-0.3, -0.25) is 10.1 Å². The molecule has 0 aliphatic rings. The number of hydrogen-bond acceptors (Lipinski definition) is 7. The lowest BCUT2D eigenvalue weighted by atomic mass is 10.1. The molecule has 19 heavy (non-hydrogen) atoms. The summed E-state index contributed by atoms with van der Waals surface area (Å²) in [7, 11) is 4.37. The fourth-order valence-electron chi connectivity index (χ4n) is 1.52. The molecule has 0 spiro atoms. The number of hydrogen-bond donors (Lipinski definition) is 1. The number of methoxy groups -OCH3 is 3. The van der Waals surface area contributed by atoms with Crippen molar-refractivity contribution in [1.82, 2.24) is 15.3 Å². The predicted molar refractivity (Wildman–Crippen MR) is 68.1 cm³/mol.